The average Bonchev–Trinajstić information content (AvgIpc) is 3.36. The molecule has 0 bridgehead atoms. The van der Waals surface area contributed by atoms with Gasteiger partial charge in [0.05, 0.1) is 12.0 Å². The normalized spacial score (nSPS) is 20.6. The average molecular weight is 509 g/mol. The highest BCUT2D eigenvalue weighted by molar-refractivity contribution is 6.38. The molecule has 1 amide bonds. The van der Waals surface area contributed by atoms with Crippen LogP contribution in [0.2, 0.25) is 20.1 Å². The second-order valence-corrected chi connectivity index (χ2v) is 10.1. The molecule has 2 heterocycles. The topological polar surface area (TPSA) is 49.0 Å². The number of nitrogens with zero attached hydrogens (tertiary/aromatic N) is 2. The van der Waals surface area contributed by atoms with E-state index >= 15 is 0 Å². The van der Waals surface area contributed by atoms with E-state index in [9.17, 15) is 4.79 Å². The van der Waals surface area contributed by atoms with Crippen LogP contribution in [0.25, 0.3) is 11.1 Å². The van der Waals surface area contributed by atoms with Gasteiger partial charge < -0.3 is 9.88 Å². The fraction of sp³-hybridized carbons (Fsp3) is 0.333. The highest BCUT2D eigenvalue weighted by Crippen LogP contribution is 2.38. The van der Waals surface area contributed by atoms with Gasteiger partial charge in [0.2, 0.25) is 5.91 Å². The zero-order chi connectivity index (χ0) is 22.4. The van der Waals surface area contributed by atoms with Crippen molar-refractivity contribution in [3.05, 3.63) is 73.7 Å². The Morgan fingerprint density at radius 3 is 2.56 bits per heavy atom. The molecule has 1 aromatic heterocycles. The maximum atomic E-state index is 13.2. The second-order valence-electron chi connectivity index (χ2n) is 8.49. The number of H-pyrrole nitrogens is 1. The van der Waals surface area contributed by atoms with Crippen LogP contribution in [0.3, 0.4) is 0 Å². The van der Waals surface area contributed by atoms with E-state index in [-0.39, 0.29) is 17.9 Å². The van der Waals surface area contributed by atoms with E-state index in [4.69, 9.17) is 46.4 Å². The molecule has 1 saturated heterocycles. The van der Waals surface area contributed by atoms with Gasteiger partial charge in [-0.15, -0.1) is 0 Å². The molecule has 1 aliphatic carbocycles. The molecule has 3 aromatic rings. The predicted octanol–water partition coefficient (Wildman–Crippen LogP) is 6.64. The minimum Gasteiger partial charge on any atom is -0.348 e. The molecule has 4 nitrogen and oxygen atoms in total. The molecule has 2 aliphatic rings. The first-order chi connectivity index (χ1) is 15.4. The number of imidazole rings is 1. The molecule has 166 valence electrons. The maximum absolute atomic E-state index is 13.2. The van der Waals surface area contributed by atoms with Gasteiger partial charge in [0.25, 0.3) is 0 Å². The van der Waals surface area contributed by atoms with Crippen LogP contribution >= 0.6 is 46.4 Å². The fourth-order valence-electron chi connectivity index (χ4n) is 4.89. The Hall–Kier alpha value is -1.72. The highest BCUT2D eigenvalue weighted by atomic mass is 35.5. The SMILES string of the molecule is O=C1C(Cc2c(Cl)cc(-c3ccc(Cl)cc3Cl)cc2Cl)CCN1C1CCc2nc[nH]c2C1. The lowest BCUT2D eigenvalue weighted by molar-refractivity contribution is -0.133. The Kier molecular flexibility index (Phi) is 6.15. The van der Waals surface area contributed by atoms with Gasteiger partial charge in [-0.3, -0.25) is 4.79 Å². The van der Waals surface area contributed by atoms with Gasteiger partial charge in [-0.1, -0.05) is 52.5 Å². The fourth-order valence-corrected chi connectivity index (χ4v) is 6.05. The van der Waals surface area contributed by atoms with Crippen molar-refractivity contribution in [3.63, 3.8) is 0 Å². The molecule has 32 heavy (non-hydrogen) atoms. The van der Waals surface area contributed by atoms with E-state index in [1.165, 1.54) is 0 Å². The summed E-state index contributed by atoms with van der Waals surface area (Å²) in [6.07, 6.45) is 5.78. The molecule has 8 heteroatoms. The van der Waals surface area contributed by atoms with Gasteiger partial charge in [0.1, 0.15) is 0 Å². The van der Waals surface area contributed by atoms with Gasteiger partial charge in [-0.2, -0.15) is 0 Å². The summed E-state index contributed by atoms with van der Waals surface area (Å²) in [5.74, 6) is 0.0769. The lowest BCUT2D eigenvalue weighted by Crippen LogP contribution is -2.41. The Morgan fingerprint density at radius 2 is 1.81 bits per heavy atom. The van der Waals surface area contributed by atoms with Gasteiger partial charge >= 0.3 is 0 Å². The van der Waals surface area contributed by atoms with Crippen molar-refractivity contribution in [1.29, 1.82) is 0 Å². The van der Waals surface area contributed by atoms with Crippen molar-refractivity contribution in [2.45, 2.75) is 38.1 Å². The number of nitrogens with one attached hydrogen (secondary N) is 1. The van der Waals surface area contributed by atoms with E-state index in [0.717, 1.165) is 60.3 Å². The van der Waals surface area contributed by atoms with Crippen LogP contribution in [0.15, 0.2) is 36.7 Å². The number of aromatic nitrogens is 2. The summed E-state index contributed by atoms with van der Waals surface area (Å²) in [6, 6.07) is 9.26. The number of benzene rings is 2. The lowest BCUT2D eigenvalue weighted by atomic mass is 9.94. The first kappa shape index (κ1) is 22.1. The van der Waals surface area contributed by atoms with Crippen LogP contribution in [0, 0.1) is 5.92 Å². The maximum Gasteiger partial charge on any atom is 0.226 e. The van der Waals surface area contributed by atoms with Crippen molar-refractivity contribution < 1.29 is 4.79 Å². The van der Waals surface area contributed by atoms with Gasteiger partial charge in [-0.25, -0.2) is 4.98 Å². The predicted molar refractivity (Wildman–Crippen MR) is 130 cm³/mol. The first-order valence-electron chi connectivity index (χ1n) is 10.7. The summed E-state index contributed by atoms with van der Waals surface area (Å²) < 4.78 is 0. The number of amides is 1. The van der Waals surface area contributed by atoms with E-state index in [0.29, 0.717) is 26.5 Å². The number of aryl methyl sites for hydroxylation is 1. The van der Waals surface area contributed by atoms with Crippen molar-refractivity contribution in [2.75, 3.05) is 6.54 Å². The number of hydrogen-bond acceptors (Lipinski definition) is 2. The Morgan fingerprint density at radius 1 is 1.03 bits per heavy atom. The zero-order valence-electron chi connectivity index (χ0n) is 17.2. The second kappa shape index (κ2) is 8.90. The highest BCUT2D eigenvalue weighted by Gasteiger charge is 2.38. The molecule has 1 N–H and O–H groups in total. The van der Waals surface area contributed by atoms with Crippen molar-refractivity contribution in [3.8, 4) is 11.1 Å². The molecule has 0 radical (unpaired) electrons. The summed E-state index contributed by atoms with van der Waals surface area (Å²) in [6.45, 7) is 0.769. The molecule has 1 aliphatic heterocycles. The minimum absolute atomic E-state index is 0.113. The number of carbonyl (C=O) groups is 1. The van der Waals surface area contributed by atoms with Crippen molar-refractivity contribution >= 4 is 52.3 Å². The van der Waals surface area contributed by atoms with Crippen LogP contribution in [-0.4, -0.2) is 33.4 Å². The minimum atomic E-state index is -0.113. The van der Waals surface area contributed by atoms with Gasteiger partial charge in [-0.05, 0) is 61.1 Å². The Balaban J connectivity index is 1.33. The third-order valence-corrected chi connectivity index (χ3v) is 7.81. The monoisotopic (exact) mass is 507 g/mol. The Labute approximate surface area is 206 Å². The summed E-state index contributed by atoms with van der Waals surface area (Å²) >= 11 is 25.6. The number of halogens is 4. The van der Waals surface area contributed by atoms with E-state index in [1.54, 1.807) is 18.5 Å². The van der Waals surface area contributed by atoms with Crippen molar-refractivity contribution in [2.24, 2.45) is 5.92 Å². The summed E-state index contributed by atoms with van der Waals surface area (Å²) in [4.78, 5) is 22.9. The molecule has 5 rings (SSSR count). The van der Waals surface area contributed by atoms with Crippen LogP contribution in [0.1, 0.15) is 29.8 Å². The molecule has 1 fully saturated rings. The van der Waals surface area contributed by atoms with Gasteiger partial charge in [0.15, 0.2) is 0 Å². The number of aromatic amines is 1. The van der Waals surface area contributed by atoms with E-state index in [1.807, 2.05) is 23.1 Å². The quantitative estimate of drug-likeness (QED) is 0.429. The van der Waals surface area contributed by atoms with E-state index in [2.05, 4.69) is 9.97 Å². The third kappa shape index (κ3) is 4.14. The Bertz CT molecular complexity index is 1170. The zero-order valence-corrected chi connectivity index (χ0v) is 20.2. The summed E-state index contributed by atoms with van der Waals surface area (Å²) in [5, 5.41) is 2.19. The number of rotatable bonds is 4. The number of carbonyl (C=O) groups excluding carboxylic acids is 1. The molecular weight excluding hydrogens is 488 g/mol. The molecule has 2 atom stereocenters. The first-order valence-corrected chi connectivity index (χ1v) is 12.2. The van der Waals surface area contributed by atoms with Crippen LogP contribution < -0.4 is 0 Å². The molecule has 0 spiro atoms. The van der Waals surface area contributed by atoms with Crippen molar-refractivity contribution in [1.82, 2.24) is 14.9 Å². The summed E-state index contributed by atoms with van der Waals surface area (Å²) in [7, 11) is 0. The smallest absolute Gasteiger partial charge is 0.226 e. The molecule has 2 aromatic carbocycles. The number of hydrogen-bond donors (Lipinski definition) is 1. The third-order valence-electron chi connectivity index (χ3n) is 6.59. The number of likely N-dealkylation sites (tertiary alicyclic amines) is 1. The van der Waals surface area contributed by atoms with Gasteiger partial charge in [0, 0.05) is 56.3 Å². The molecule has 0 saturated carbocycles. The standard InChI is InChI=1S/C24H21Cl4N3O/c25-15-1-3-17(21(28)10-15)14-8-19(26)18(20(27)9-14)7-13-5-6-31(24(13)32)16-2-4-22-23(11-16)30-12-29-22/h1,3,8-10,12-13,16H,2,4-7,11H2,(H,29,30). The van der Waals surface area contributed by atoms with Crippen LogP contribution in [0.5, 0.6) is 0 Å². The molecule has 2 unspecified atom stereocenters. The lowest BCUT2D eigenvalue weighted by Gasteiger charge is -2.31. The van der Waals surface area contributed by atoms with Crippen LogP contribution in [0.4, 0.5) is 0 Å². The van der Waals surface area contributed by atoms with E-state index < -0.39 is 0 Å². The van der Waals surface area contributed by atoms with Crippen LogP contribution in [-0.2, 0) is 24.1 Å². The largest absolute Gasteiger partial charge is 0.348 e. The number of fused-ring (bicyclic) bond motifs is 1. The molecular formula is C24H21Cl4N3O. The summed E-state index contributed by atoms with van der Waals surface area (Å²) in [5.41, 5.74) is 4.72.